The van der Waals surface area contributed by atoms with Gasteiger partial charge in [0.1, 0.15) is 22.1 Å². The molecule has 4 aromatic rings. The quantitative estimate of drug-likeness (QED) is 0.395. The third-order valence-corrected chi connectivity index (χ3v) is 5.47. The van der Waals surface area contributed by atoms with E-state index in [0.29, 0.717) is 18.2 Å². The van der Waals surface area contributed by atoms with Crippen molar-refractivity contribution in [1.29, 1.82) is 0 Å². The van der Waals surface area contributed by atoms with Gasteiger partial charge in [0.25, 0.3) is 0 Å². The summed E-state index contributed by atoms with van der Waals surface area (Å²) in [7, 11) is 1.61. The number of esters is 1. The van der Waals surface area contributed by atoms with Crippen LogP contribution in [0.15, 0.2) is 60.4 Å². The van der Waals surface area contributed by atoms with E-state index < -0.39 is 5.97 Å². The van der Waals surface area contributed by atoms with E-state index in [1.165, 1.54) is 17.5 Å². The zero-order valence-corrected chi connectivity index (χ0v) is 18.4. The van der Waals surface area contributed by atoms with Gasteiger partial charge in [-0.1, -0.05) is 0 Å². The number of carbonyl (C=O) groups excluding carboxylic acids is 1. The van der Waals surface area contributed by atoms with Crippen LogP contribution in [0, 0.1) is 0 Å². The van der Waals surface area contributed by atoms with Gasteiger partial charge in [0.05, 0.1) is 26.0 Å². The molecule has 32 heavy (non-hydrogen) atoms. The molecule has 0 aliphatic rings. The molecule has 0 saturated heterocycles. The normalized spacial score (nSPS) is 10.6. The first-order chi connectivity index (χ1) is 15.7. The number of anilines is 1. The zero-order valence-electron chi connectivity index (χ0n) is 17.6. The van der Waals surface area contributed by atoms with Crippen molar-refractivity contribution in [1.82, 2.24) is 19.9 Å². The standard InChI is InChI=1S/C23H21N5O3S/c1-3-31-23(29)19-13-26-20(15-6-8-18(30-2)9-7-15)28-21(19)25-12-17-14-32-22(27-17)16-5-4-10-24-11-16/h4-11,13-14H,3,12H2,1-2H3,(H,25,26,28). The summed E-state index contributed by atoms with van der Waals surface area (Å²) in [6.07, 6.45) is 4.99. The Bertz CT molecular complexity index is 1200. The van der Waals surface area contributed by atoms with E-state index in [0.717, 1.165) is 27.6 Å². The predicted molar refractivity (Wildman–Crippen MR) is 123 cm³/mol. The lowest BCUT2D eigenvalue weighted by Gasteiger charge is -2.11. The summed E-state index contributed by atoms with van der Waals surface area (Å²) in [6.45, 7) is 2.41. The summed E-state index contributed by atoms with van der Waals surface area (Å²) < 4.78 is 10.4. The number of aromatic nitrogens is 4. The fourth-order valence-electron chi connectivity index (χ4n) is 2.94. The molecule has 0 atom stereocenters. The highest BCUT2D eigenvalue weighted by Gasteiger charge is 2.17. The second kappa shape index (κ2) is 9.97. The Kier molecular flexibility index (Phi) is 6.66. The first-order valence-electron chi connectivity index (χ1n) is 9.95. The number of hydrogen-bond acceptors (Lipinski definition) is 9. The summed E-state index contributed by atoms with van der Waals surface area (Å²) in [5.41, 5.74) is 2.86. The lowest BCUT2D eigenvalue weighted by Crippen LogP contribution is -2.13. The summed E-state index contributed by atoms with van der Waals surface area (Å²) in [5.74, 6) is 1.13. The Morgan fingerprint density at radius 1 is 1.09 bits per heavy atom. The highest BCUT2D eigenvalue weighted by Crippen LogP contribution is 2.25. The highest BCUT2D eigenvalue weighted by atomic mass is 32.1. The number of methoxy groups -OCH3 is 1. The van der Waals surface area contributed by atoms with Gasteiger partial charge in [-0.2, -0.15) is 0 Å². The van der Waals surface area contributed by atoms with Crippen LogP contribution in [0.1, 0.15) is 23.0 Å². The van der Waals surface area contributed by atoms with Crippen molar-refractivity contribution in [3.8, 4) is 27.7 Å². The van der Waals surface area contributed by atoms with Gasteiger partial charge in [0.2, 0.25) is 0 Å². The van der Waals surface area contributed by atoms with Gasteiger partial charge in [-0.15, -0.1) is 11.3 Å². The van der Waals surface area contributed by atoms with Crippen molar-refractivity contribution in [2.75, 3.05) is 19.0 Å². The van der Waals surface area contributed by atoms with Crippen LogP contribution in [0.4, 0.5) is 5.82 Å². The number of pyridine rings is 1. The van der Waals surface area contributed by atoms with Crippen LogP contribution in [0.2, 0.25) is 0 Å². The van der Waals surface area contributed by atoms with Crippen molar-refractivity contribution < 1.29 is 14.3 Å². The average molecular weight is 448 g/mol. The lowest BCUT2D eigenvalue weighted by atomic mass is 10.2. The van der Waals surface area contributed by atoms with Crippen LogP contribution in [0.25, 0.3) is 22.0 Å². The molecule has 0 spiro atoms. The minimum absolute atomic E-state index is 0.263. The number of hydrogen-bond donors (Lipinski definition) is 1. The van der Waals surface area contributed by atoms with E-state index >= 15 is 0 Å². The van der Waals surface area contributed by atoms with E-state index in [1.807, 2.05) is 41.8 Å². The minimum Gasteiger partial charge on any atom is -0.497 e. The summed E-state index contributed by atoms with van der Waals surface area (Å²) in [4.78, 5) is 30.1. The maximum absolute atomic E-state index is 12.4. The smallest absolute Gasteiger partial charge is 0.343 e. The highest BCUT2D eigenvalue weighted by molar-refractivity contribution is 7.13. The average Bonchev–Trinajstić information content (AvgIpc) is 3.32. The van der Waals surface area contributed by atoms with Crippen LogP contribution >= 0.6 is 11.3 Å². The molecule has 3 heterocycles. The molecular formula is C23H21N5O3S. The van der Waals surface area contributed by atoms with Gasteiger partial charge in [-0.25, -0.2) is 19.7 Å². The van der Waals surface area contributed by atoms with Crippen LogP contribution in [-0.2, 0) is 11.3 Å². The topological polar surface area (TPSA) is 99.1 Å². The number of thiazole rings is 1. The fourth-order valence-corrected chi connectivity index (χ4v) is 3.75. The van der Waals surface area contributed by atoms with Crippen LogP contribution < -0.4 is 10.1 Å². The molecular weight excluding hydrogens is 426 g/mol. The Hall–Kier alpha value is -3.85. The molecule has 4 rings (SSSR count). The number of nitrogens with zero attached hydrogens (tertiary/aromatic N) is 4. The zero-order chi connectivity index (χ0) is 22.3. The van der Waals surface area contributed by atoms with Gasteiger partial charge < -0.3 is 14.8 Å². The third kappa shape index (κ3) is 4.89. The molecule has 162 valence electrons. The van der Waals surface area contributed by atoms with Crippen molar-refractivity contribution in [3.63, 3.8) is 0 Å². The van der Waals surface area contributed by atoms with Gasteiger partial charge in [-0.3, -0.25) is 4.98 Å². The van der Waals surface area contributed by atoms with Crippen LogP contribution in [0.3, 0.4) is 0 Å². The molecule has 3 aromatic heterocycles. The SMILES string of the molecule is CCOC(=O)c1cnc(-c2ccc(OC)cc2)nc1NCc1csc(-c2cccnc2)n1. The first kappa shape index (κ1) is 21.4. The lowest BCUT2D eigenvalue weighted by molar-refractivity contribution is 0.0526. The summed E-state index contributed by atoms with van der Waals surface area (Å²) in [5, 5.41) is 6.06. The van der Waals surface area contributed by atoms with Crippen molar-refractivity contribution in [2.24, 2.45) is 0 Å². The second-order valence-corrected chi connectivity index (χ2v) is 7.50. The van der Waals surface area contributed by atoms with Crippen molar-refractivity contribution in [3.05, 3.63) is 71.6 Å². The third-order valence-electron chi connectivity index (χ3n) is 4.53. The predicted octanol–water partition coefficient (Wildman–Crippen LogP) is 4.46. The molecule has 1 N–H and O–H groups in total. The van der Waals surface area contributed by atoms with Gasteiger partial charge in [0.15, 0.2) is 5.82 Å². The number of ether oxygens (including phenoxy) is 2. The second-order valence-electron chi connectivity index (χ2n) is 6.64. The van der Waals surface area contributed by atoms with Crippen LogP contribution in [0.5, 0.6) is 5.75 Å². The Balaban J connectivity index is 1.58. The molecule has 9 heteroatoms. The maximum Gasteiger partial charge on any atom is 0.343 e. The Morgan fingerprint density at radius 2 is 1.94 bits per heavy atom. The Labute approximate surface area is 189 Å². The van der Waals surface area contributed by atoms with E-state index in [1.54, 1.807) is 26.4 Å². The summed E-state index contributed by atoms with van der Waals surface area (Å²) in [6, 6.07) is 11.2. The number of rotatable bonds is 8. The van der Waals surface area contributed by atoms with E-state index in [2.05, 4.69) is 25.3 Å². The van der Waals surface area contributed by atoms with Gasteiger partial charge >= 0.3 is 5.97 Å². The number of benzene rings is 1. The molecule has 0 radical (unpaired) electrons. The number of nitrogens with one attached hydrogen (secondary N) is 1. The molecule has 0 saturated carbocycles. The molecule has 0 amide bonds. The molecule has 0 aliphatic carbocycles. The molecule has 1 aromatic carbocycles. The maximum atomic E-state index is 12.4. The van der Waals surface area contributed by atoms with E-state index in [4.69, 9.17) is 9.47 Å². The number of carbonyl (C=O) groups is 1. The molecule has 0 bridgehead atoms. The molecule has 0 unspecified atom stereocenters. The fraction of sp³-hybridized carbons (Fsp3) is 0.174. The largest absolute Gasteiger partial charge is 0.497 e. The minimum atomic E-state index is -0.481. The van der Waals surface area contributed by atoms with E-state index in [9.17, 15) is 4.79 Å². The van der Waals surface area contributed by atoms with Crippen LogP contribution in [-0.4, -0.2) is 39.6 Å². The Morgan fingerprint density at radius 3 is 2.66 bits per heavy atom. The van der Waals surface area contributed by atoms with Crippen molar-refractivity contribution in [2.45, 2.75) is 13.5 Å². The monoisotopic (exact) mass is 447 g/mol. The molecule has 8 nitrogen and oxygen atoms in total. The summed E-state index contributed by atoms with van der Waals surface area (Å²) >= 11 is 1.53. The molecule has 0 aliphatic heterocycles. The van der Waals surface area contributed by atoms with Gasteiger partial charge in [-0.05, 0) is 43.3 Å². The van der Waals surface area contributed by atoms with Crippen molar-refractivity contribution >= 4 is 23.1 Å². The molecule has 0 fully saturated rings. The first-order valence-corrected chi connectivity index (χ1v) is 10.8. The van der Waals surface area contributed by atoms with Gasteiger partial charge in [0, 0.05) is 35.1 Å². The van der Waals surface area contributed by atoms with E-state index in [-0.39, 0.29) is 12.2 Å².